The molecule has 0 bridgehead atoms. The third-order valence-corrected chi connectivity index (χ3v) is 1.58. The Balaban J connectivity index is 3.20. The molecule has 76 valence electrons. The summed E-state index contributed by atoms with van der Waals surface area (Å²) in [6.45, 7) is -0.669. The summed E-state index contributed by atoms with van der Waals surface area (Å²) in [5.74, 6) is 0. The molecule has 0 saturated carbocycles. The van der Waals surface area contributed by atoms with Crippen molar-refractivity contribution in [1.29, 1.82) is 0 Å². The Labute approximate surface area is 77.2 Å². The van der Waals surface area contributed by atoms with E-state index in [-0.39, 0.29) is 5.69 Å². The first-order chi connectivity index (χ1) is 6.56. The predicted octanol–water partition coefficient (Wildman–Crippen LogP) is 1.42. The lowest BCUT2D eigenvalue weighted by atomic mass is 10.2. The van der Waals surface area contributed by atoms with E-state index in [0.717, 1.165) is 6.20 Å². The van der Waals surface area contributed by atoms with Crippen molar-refractivity contribution in [3.05, 3.63) is 33.6 Å². The van der Waals surface area contributed by atoms with E-state index in [2.05, 4.69) is 4.98 Å². The highest BCUT2D eigenvalue weighted by molar-refractivity contribution is 5.34. The third kappa shape index (κ3) is 1.99. The average molecular weight is 204 g/mol. The van der Waals surface area contributed by atoms with Crippen LogP contribution in [0.15, 0.2) is 12.3 Å². The molecule has 1 aromatic rings. The molecular formula is C7H6F2N2O3. The van der Waals surface area contributed by atoms with Gasteiger partial charge in [0.25, 0.3) is 12.1 Å². The Hall–Kier alpha value is -1.63. The van der Waals surface area contributed by atoms with Gasteiger partial charge in [-0.25, -0.2) is 8.78 Å². The lowest BCUT2D eigenvalue weighted by molar-refractivity contribution is -0.385. The van der Waals surface area contributed by atoms with E-state index in [1.54, 1.807) is 0 Å². The van der Waals surface area contributed by atoms with Gasteiger partial charge in [-0.1, -0.05) is 0 Å². The van der Waals surface area contributed by atoms with Gasteiger partial charge in [0.2, 0.25) is 0 Å². The highest BCUT2D eigenvalue weighted by Crippen LogP contribution is 2.25. The summed E-state index contributed by atoms with van der Waals surface area (Å²) in [6, 6.07) is 0.712. The highest BCUT2D eigenvalue weighted by atomic mass is 19.3. The van der Waals surface area contributed by atoms with Crippen molar-refractivity contribution >= 4 is 5.69 Å². The van der Waals surface area contributed by atoms with E-state index in [9.17, 15) is 18.9 Å². The van der Waals surface area contributed by atoms with E-state index >= 15 is 0 Å². The van der Waals surface area contributed by atoms with Crippen LogP contribution < -0.4 is 0 Å². The number of hydrogen-bond donors (Lipinski definition) is 1. The summed E-state index contributed by atoms with van der Waals surface area (Å²) in [6.07, 6.45) is -2.05. The fourth-order valence-corrected chi connectivity index (χ4v) is 0.919. The normalized spacial score (nSPS) is 10.6. The fourth-order valence-electron chi connectivity index (χ4n) is 0.919. The maximum atomic E-state index is 12.3. The molecule has 1 N–H and O–H groups in total. The molecule has 0 unspecified atom stereocenters. The summed E-state index contributed by atoms with van der Waals surface area (Å²) >= 11 is 0. The van der Waals surface area contributed by atoms with Crippen LogP contribution in [0.25, 0.3) is 0 Å². The SMILES string of the molecule is O=[N+]([O-])c1cnc(CO)c(C(F)F)c1. The zero-order valence-electron chi connectivity index (χ0n) is 6.85. The molecule has 0 atom stereocenters. The number of nitrogens with zero attached hydrogens (tertiary/aromatic N) is 2. The molecule has 7 heteroatoms. The molecule has 1 rings (SSSR count). The largest absolute Gasteiger partial charge is 0.390 e. The minimum atomic E-state index is -2.88. The van der Waals surface area contributed by atoms with E-state index in [4.69, 9.17) is 5.11 Å². The molecule has 14 heavy (non-hydrogen) atoms. The van der Waals surface area contributed by atoms with Crippen molar-refractivity contribution in [3.63, 3.8) is 0 Å². The molecule has 0 saturated heterocycles. The van der Waals surface area contributed by atoms with Crippen LogP contribution in [0.1, 0.15) is 17.7 Å². The number of hydrogen-bond acceptors (Lipinski definition) is 4. The Morgan fingerprint density at radius 1 is 1.64 bits per heavy atom. The van der Waals surface area contributed by atoms with Crippen LogP contribution in [-0.4, -0.2) is 15.0 Å². The van der Waals surface area contributed by atoms with E-state index in [1.165, 1.54) is 0 Å². The molecule has 5 nitrogen and oxygen atoms in total. The van der Waals surface area contributed by atoms with Crippen LogP contribution in [0.3, 0.4) is 0 Å². The monoisotopic (exact) mass is 204 g/mol. The Bertz CT molecular complexity index is 357. The van der Waals surface area contributed by atoms with Crippen molar-refractivity contribution in [2.24, 2.45) is 0 Å². The second kappa shape index (κ2) is 4.05. The number of halogens is 2. The number of pyridine rings is 1. The fraction of sp³-hybridized carbons (Fsp3) is 0.286. The van der Waals surface area contributed by atoms with Gasteiger partial charge < -0.3 is 5.11 Å². The van der Waals surface area contributed by atoms with Crippen LogP contribution in [-0.2, 0) is 6.61 Å². The van der Waals surface area contributed by atoms with Crippen LogP contribution >= 0.6 is 0 Å². The summed E-state index contributed by atoms with van der Waals surface area (Å²) in [5, 5.41) is 18.9. The summed E-state index contributed by atoms with van der Waals surface area (Å²) in [5.41, 5.74) is -1.37. The smallest absolute Gasteiger partial charge is 0.288 e. The number of aliphatic hydroxyl groups is 1. The topological polar surface area (TPSA) is 76.3 Å². The molecule has 1 heterocycles. The maximum Gasteiger partial charge on any atom is 0.288 e. The lowest BCUT2D eigenvalue weighted by Crippen LogP contribution is -2.00. The zero-order chi connectivity index (χ0) is 10.7. The predicted molar refractivity (Wildman–Crippen MR) is 41.8 cm³/mol. The minimum absolute atomic E-state index is 0.245. The molecule has 0 spiro atoms. The molecule has 0 fully saturated rings. The Morgan fingerprint density at radius 3 is 2.71 bits per heavy atom. The number of aromatic nitrogens is 1. The minimum Gasteiger partial charge on any atom is -0.390 e. The molecule has 0 radical (unpaired) electrons. The first kappa shape index (κ1) is 10.5. The number of alkyl halides is 2. The van der Waals surface area contributed by atoms with E-state index in [0.29, 0.717) is 6.07 Å². The van der Waals surface area contributed by atoms with E-state index < -0.39 is 29.2 Å². The van der Waals surface area contributed by atoms with E-state index in [1.807, 2.05) is 0 Å². The third-order valence-electron chi connectivity index (χ3n) is 1.58. The molecule has 0 aliphatic heterocycles. The van der Waals surface area contributed by atoms with Gasteiger partial charge in [0.05, 0.1) is 17.2 Å². The van der Waals surface area contributed by atoms with Crippen molar-refractivity contribution < 1.29 is 18.8 Å². The van der Waals surface area contributed by atoms with Gasteiger partial charge >= 0.3 is 0 Å². The number of nitro groups is 1. The average Bonchev–Trinajstić information content (AvgIpc) is 2.16. The Morgan fingerprint density at radius 2 is 2.29 bits per heavy atom. The summed E-state index contributed by atoms with van der Waals surface area (Å²) < 4.78 is 24.6. The van der Waals surface area contributed by atoms with Gasteiger partial charge in [0.1, 0.15) is 6.20 Å². The van der Waals surface area contributed by atoms with Crippen LogP contribution in [0.2, 0.25) is 0 Å². The van der Waals surface area contributed by atoms with Crippen molar-refractivity contribution in [1.82, 2.24) is 4.98 Å². The van der Waals surface area contributed by atoms with Gasteiger partial charge in [-0.3, -0.25) is 15.1 Å². The second-order valence-electron chi connectivity index (χ2n) is 2.45. The molecule has 0 amide bonds. The van der Waals surface area contributed by atoms with Crippen molar-refractivity contribution in [3.8, 4) is 0 Å². The zero-order valence-corrected chi connectivity index (χ0v) is 6.85. The van der Waals surface area contributed by atoms with Gasteiger partial charge in [-0.05, 0) is 0 Å². The second-order valence-corrected chi connectivity index (χ2v) is 2.45. The first-order valence-electron chi connectivity index (χ1n) is 3.58. The summed E-state index contributed by atoms with van der Waals surface area (Å²) in [7, 11) is 0. The molecule has 0 aliphatic carbocycles. The number of aliphatic hydroxyl groups excluding tert-OH is 1. The van der Waals surface area contributed by atoms with Crippen LogP contribution in [0, 0.1) is 10.1 Å². The highest BCUT2D eigenvalue weighted by Gasteiger charge is 2.18. The van der Waals surface area contributed by atoms with Gasteiger partial charge in [0.15, 0.2) is 0 Å². The van der Waals surface area contributed by atoms with Crippen molar-refractivity contribution in [2.45, 2.75) is 13.0 Å². The molecule has 0 aliphatic rings. The van der Waals surface area contributed by atoms with Crippen LogP contribution in [0.4, 0.5) is 14.5 Å². The lowest BCUT2D eigenvalue weighted by Gasteiger charge is -2.04. The van der Waals surface area contributed by atoms with Gasteiger partial charge in [-0.2, -0.15) is 0 Å². The molecule has 0 aromatic carbocycles. The standard InChI is InChI=1S/C7H6F2N2O3/c8-7(9)5-1-4(11(13)14)2-10-6(5)3-12/h1-2,7,12H,3H2. The number of rotatable bonds is 3. The van der Waals surface area contributed by atoms with Crippen LogP contribution in [0.5, 0.6) is 0 Å². The molecule has 1 aromatic heterocycles. The quantitative estimate of drug-likeness (QED) is 0.596. The van der Waals surface area contributed by atoms with Gasteiger partial charge in [-0.15, -0.1) is 0 Å². The van der Waals surface area contributed by atoms with Gasteiger partial charge in [0, 0.05) is 11.6 Å². The maximum absolute atomic E-state index is 12.3. The molecular weight excluding hydrogens is 198 g/mol. The van der Waals surface area contributed by atoms with Crippen molar-refractivity contribution in [2.75, 3.05) is 0 Å². The summed E-state index contributed by atoms with van der Waals surface area (Å²) in [4.78, 5) is 12.8. The Kier molecular flexibility index (Phi) is 3.03. The first-order valence-corrected chi connectivity index (χ1v) is 3.58.